The third-order valence-electron chi connectivity index (χ3n) is 3.21. The molecule has 1 aliphatic rings. The lowest BCUT2D eigenvalue weighted by molar-refractivity contribution is 0.340. The summed E-state index contributed by atoms with van der Waals surface area (Å²) in [6.07, 6.45) is 2.99. The summed E-state index contributed by atoms with van der Waals surface area (Å²) in [6.45, 7) is 0. The summed E-state index contributed by atoms with van der Waals surface area (Å²) in [7, 11) is 0. The van der Waals surface area contributed by atoms with Crippen LogP contribution in [0.25, 0.3) is 0 Å². The van der Waals surface area contributed by atoms with E-state index >= 15 is 0 Å². The Morgan fingerprint density at radius 3 is 2.89 bits per heavy atom. The molecule has 94 valence electrons. The van der Waals surface area contributed by atoms with Gasteiger partial charge < -0.3 is 10.3 Å². The summed E-state index contributed by atoms with van der Waals surface area (Å²) >= 11 is 3.51. The SMILES string of the molecule is NC(c1nc(Cc2ccccc2Br)no1)C1CC1. The quantitative estimate of drug-likeness (QED) is 0.943. The fraction of sp³-hybridized carbons (Fsp3) is 0.385. The second-order valence-electron chi connectivity index (χ2n) is 4.68. The molecule has 1 fully saturated rings. The van der Waals surface area contributed by atoms with E-state index in [0.717, 1.165) is 10.0 Å². The van der Waals surface area contributed by atoms with E-state index in [1.807, 2.05) is 24.3 Å². The molecule has 3 rings (SSSR count). The van der Waals surface area contributed by atoms with Gasteiger partial charge in [0.1, 0.15) is 0 Å². The Hall–Kier alpha value is -1.20. The first-order valence-corrected chi connectivity index (χ1v) is 6.85. The maximum absolute atomic E-state index is 6.03. The summed E-state index contributed by atoms with van der Waals surface area (Å²) in [6, 6.07) is 7.94. The van der Waals surface area contributed by atoms with E-state index in [1.54, 1.807) is 0 Å². The van der Waals surface area contributed by atoms with Crippen molar-refractivity contribution < 1.29 is 4.52 Å². The Bertz CT molecular complexity index is 551. The van der Waals surface area contributed by atoms with Crippen LogP contribution in [0.2, 0.25) is 0 Å². The predicted molar refractivity (Wildman–Crippen MR) is 70.9 cm³/mol. The van der Waals surface area contributed by atoms with Gasteiger partial charge in [-0.05, 0) is 30.4 Å². The Labute approximate surface area is 114 Å². The summed E-state index contributed by atoms with van der Waals surface area (Å²) in [5.74, 6) is 1.79. The normalized spacial score (nSPS) is 16.8. The van der Waals surface area contributed by atoms with Gasteiger partial charge in [0.05, 0.1) is 6.04 Å². The highest BCUT2D eigenvalue weighted by molar-refractivity contribution is 9.10. The molecule has 4 nitrogen and oxygen atoms in total. The first-order chi connectivity index (χ1) is 8.74. The molecule has 2 aromatic rings. The molecule has 5 heteroatoms. The third-order valence-corrected chi connectivity index (χ3v) is 3.98. The van der Waals surface area contributed by atoms with Gasteiger partial charge in [0.2, 0.25) is 5.89 Å². The van der Waals surface area contributed by atoms with Gasteiger partial charge in [-0.3, -0.25) is 0 Å². The highest BCUT2D eigenvalue weighted by Crippen LogP contribution is 2.38. The summed E-state index contributed by atoms with van der Waals surface area (Å²) in [5.41, 5.74) is 7.17. The van der Waals surface area contributed by atoms with Crippen LogP contribution < -0.4 is 5.73 Å². The first kappa shape index (κ1) is 11.9. The fourth-order valence-electron chi connectivity index (χ4n) is 1.94. The van der Waals surface area contributed by atoms with Gasteiger partial charge in [0.25, 0.3) is 0 Å². The van der Waals surface area contributed by atoms with Crippen molar-refractivity contribution in [3.63, 3.8) is 0 Å². The predicted octanol–water partition coefficient (Wildman–Crippen LogP) is 2.83. The molecule has 1 aromatic heterocycles. The molecule has 0 amide bonds. The van der Waals surface area contributed by atoms with Crippen LogP contribution in [-0.2, 0) is 6.42 Å². The number of nitrogens with zero attached hydrogens (tertiary/aromatic N) is 2. The van der Waals surface area contributed by atoms with E-state index in [-0.39, 0.29) is 6.04 Å². The third kappa shape index (κ3) is 2.47. The van der Waals surface area contributed by atoms with E-state index in [1.165, 1.54) is 12.8 Å². The van der Waals surface area contributed by atoms with Crippen molar-refractivity contribution in [2.24, 2.45) is 11.7 Å². The van der Waals surface area contributed by atoms with E-state index in [0.29, 0.717) is 24.1 Å². The monoisotopic (exact) mass is 307 g/mol. The van der Waals surface area contributed by atoms with E-state index < -0.39 is 0 Å². The van der Waals surface area contributed by atoms with Crippen molar-refractivity contribution in [1.82, 2.24) is 10.1 Å². The topological polar surface area (TPSA) is 64.9 Å². The van der Waals surface area contributed by atoms with E-state index in [2.05, 4.69) is 26.1 Å². The van der Waals surface area contributed by atoms with Crippen LogP contribution in [0.4, 0.5) is 0 Å². The number of aromatic nitrogens is 2. The number of nitrogens with two attached hydrogens (primary N) is 1. The number of rotatable bonds is 4. The average molecular weight is 308 g/mol. The molecule has 18 heavy (non-hydrogen) atoms. The van der Waals surface area contributed by atoms with E-state index in [9.17, 15) is 0 Å². The van der Waals surface area contributed by atoms with Gasteiger partial charge in [-0.15, -0.1) is 0 Å². The maximum Gasteiger partial charge on any atom is 0.243 e. The minimum atomic E-state index is -0.0922. The van der Waals surface area contributed by atoms with Crippen molar-refractivity contribution in [3.05, 3.63) is 46.0 Å². The van der Waals surface area contributed by atoms with Crippen LogP contribution >= 0.6 is 15.9 Å². The Morgan fingerprint density at radius 2 is 2.17 bits per heavy atom. The van der Waals surface area contributed by atoms with E-state index in [4.69, 9.17) is 10.3 Å². The van der Waals surface area contributed by atoms with Gasteiger partial charge in [-0.25, -0.2) is 0 Å². The van der Waals surface area contributed by atoms with Crippen LogP contribution in [-0.4, -0.2) is 10.1 Å². The highest BCUT2D eigenvalue weighted by Gasteiger charge is 2.33. The molecule has 0 aliphatic heterocycles. The lowest BCUT2D eigenvalue weighted by Crippen LogP contribution is -2.12. The summed E-state index contributed by atoms with van der Waals surface area (Å²) in [5, 5.41) is 4.00. The van der Waals surface area contributed by atoms with Crippen LogP contribution in [0.1, 0.15) is 36.2 Å². The molecule has 1 atom stereocenters. The van der Waals surface area contributed by atoms with Crippen LogP contribution in [0.15, 0.2) is 33.3 Å². The zero-order chi connectivity index (χ0) is 12.5. The number of hydrogen-bond donors (Lipinski definition) is 1. The maximum atomic E-state index is 6.03. The fourth-order valence-corrected chi connectivity index (χ4v) is 2.37. The lowest BCUT2D eigenvalue weighted by atomic mass is 10.1. The molecular formula is C13H14BrN3O. The molecule has 1 heterocycles. The molecule has 1 saturated carbocycles. The Kier molecular flexibility index (Phi) is 3.18. The van der Waals surface area contributed by atoms with Crippen LogP contribution in [0, 0.1) is 5.92 Å². The standard InChI is InChI=1S/C13H14BrN3O/c14-10-4-2-1-3-9(10)7-11-16-13(18-17-11)12(15)8-5-6-8/h1-4,8,12H,5-7,15H2. The zero-order valence-electron chi connectivity index (χ0n) is 9.84. The molecule has 2 N–H and O–H groups in total. The zero-order valence-corrected chi connectivity index (χ0v) is 11.4. The second kappa shape index (κ2) is 4.82. The largest absolute Gasteiger partial charge is 0.338 e. The number of halogens is 1. The van der Waals surface area contributed by atoms with Gasteiger partial charge in [0, 0.05) is 10.9 Å². The minimum Gasteiger partial charge on any atom is -0.338 e. The van der Waals surface area contributed by atoms with Gasteiger partial charge in [0.15, 0.2) is 5.82 Å². The van der Waals surface area contributed by atoms with Gasteiger partial charge >= 0.3 is 0 Å². The summed E-state index contributed by atoms with van der Waals surface area (Å²) in [4.78, 5) is 4.38. The van der Waals surface area contributed by atoms with Crippen molar-refractivity contribution in [3.8, 4) is 0 Å². The Balaban J connectivity index is 1.75. The van der Waals surface area contributed by atoms with Crippen molar-refractivity contribution in [1.29, 1.82) is 0 Å². The second-order valence-corrected chi connectivity index (χ2v) is 5.53. The first-order valence-electron chi connectivity index (χ1n) is 6.05. The van der Waals surface area contributed by atoms with Gasteiger partial charge in [-0.1, -0.05) is 39.3 Å². The lowest BCUT2D eigenvalue weighted by Gasteiger charge is -2.02. The van der Waals surface area contributed by atoms with Crippen LogP contribution in [0.3, 0.4) is 0 Å². The molecule has 0 spiro atoms. The number of benzene rings is 1. The van der Waals surface area contributed by atoms with Crippen molar-refractivity contribution >= 4 is 15.9 Å². The van der Waals surface area contributed by atoms with Crippen molar-refractivity contribution in [2.75, 3.05) is 0 Å². The number of hydrogen-bond acceptors (Lipinski definition) is 4. The highest BCUT2D eigenvalue weighted by atomic mass is 79.9. The summed E-state index contributed by atoms with van der Waals surface area (Å²) < 4.78 is 6.30. The molecule has 1 aliphatic carbocycles. The molecule has 0 radical (unpaired) electrons. The minimum absolute atomic E-state index is 0.0922. The van der Waals surface area contributed by atoms with Crippen molar-refractivity contribution in [2.45, 2.75) is 25.3 Å². The smallest absolute Gasteiger partial charge is 0.243 e. The Morgan fingerprint density at radius 1 is 1.39 bits per heavy atom. The van der Waals surface area contributed by atoms with Gasteiger partial charge in [-0.2, -0.15) is 4.98 Å². The molecule has 0 bridgehead atoms. The molecule has 1 aromatic carbocycles. The molecule has 1 unspecified atom stereocenters. The molecular weight excluding hydrogens is 294 g/mol. The van der Waals surface area contributed by atoms with Crippen LogP contribution in [0.5, 0.6) is 0 Å². The molecule has 0 saturated heterocycles. The average Bonchev–Trinajstić information content (AvgIpc) is 3.12.